The minimum atomic E-state index is -0.275. The number of nitrogens with zero attached hydrogens (tertiary/aromatic N) is 5. The SMILES string of the molecule is Cc1c(C(=O)Nc2nc3c(s2)CN(C(=O)c2ccccc2)CC3)cnn1-c1ccc2ccccc2n1. The van der Waals surface area contributed by atoms with E-state index in [0.717, 1.165) is 21.5 Å². The fourth-order valence-electron chi connectivity index (χ4n) is 4.39. The molecule has 0 spiro atoms. The minimum absolute atomic E-state index is 0.00516. The smallest absolute Gasteiger partial charge is 0.260 e. The lowest BCUT2D eigenvalue weighted by molar-refractivity contribution is 0.0736. The van der Waals surface area contributed by atoms with Crippen molar-refractivity contribution in [2.45, 2.75) is 19.9 Å². The minimum Gasteiger partial charge on any atom is -0.333 e. The molecule has 9 heteroatoms. The molecule has 6 rings (SSSR count). The van der Waals surface area contributed by atoms with E-state index < -0.39 is 0 Å². The monoisotopic (exact) mass is 494 g/mol. The first-order valence-electron chi connectivity index (χ1n) is 11.6. The molecule has 0 bridgehead atoms. The van der Waals surface area contributed by atoms with E-state index in [4.69, 9.17) is 0 Å². The van der Waals surface area contributed by atoms with E-state index in [0.29, 0.717) is 47.3 Å². The molecule has 0 radical (unpaired) electrons. The van der Waals surface area contributed by atoms with Gasteiger partial charge in [0.25, 0.3) is 11.8 Å². The Morgan fingerprint density at radius 1 is 0.972 bits per heavy atom. The largest absolute Gasteiger partial charge is 0.333 e. The van der Waals surface area contributed by atoms with Gasteiger partial charge < -0.3 is 4.90 Å². The predicted octanol–water partition coefficient (Wildman–Crippen LogP) is 4.64. The summed E-state index contributed by atoms with van der Waals surface area (Å²) in [6.07, 6.45) is 2.21. The first-order chi connectivity index (χ1) is 17.6. The summed E-state index contributed by atoms with van der Waals surface area (Å²) in [5.41, 5.74) is 3.62. The summed E-state index contributed by atoms with van der Waals surface area (Å²) in [6.45, 7) is 2.93. The number of nitrogens with one attached hydrogen (secondary N) is 1. The van der Waals surface area contributed by atoms with Crippen molar-refractivity contribution >= 4 is 39.2 Å². The van der Waals surface area contributed by atoms with Crippen molar-refractivity contribution in [2.24, 2.45) is 0 Å². The molecule has 36 heavy (non-hydrogen) atoms. The van der Waals surface area contributed by atoms with E-state index in [-0.39, 0.29) is 11.8 Å². The number of benzene rings is 2. The maximum absolute atomic E-state index is 13.1. The third kappa shape index (κ3) is 4.03. The number of pyridine rings is 1. The van der Waals surface area contributed by atoms with E-state index in [1.54, 1.807) is 10.9 Å². The first kappa shape index (κ1) is 22.1. The van der Waals surface area contributed by atoms with Gasteiger partial charge in [-0.25, -0.2) is 14.6 Å². The van der Waals surface area contributed by atoms with Gasteiger partial charge in [-0.1, -0.05) is 47.7 Å². The highest BCUT2D eigenvalue weighted by molar-refractivity contribution is 7.15. The summed E-state index contributed by atoms with van der Waals surface area (Å²) in [7, 11) is 0. The Morgan fingerprint density at radius 2 is 1.78 bits per heavy atom. The summed E-state index contributed by atoms with van der Waals surface area (Å²) in [5, 5.41) is 8.89. The van der Waals surface area contributed by atoms with Crippen LogP contribution in [0.5, 0.6) is 0 Å². The van der Waals surface area contributed by atoms with Crippen LogP contribution in [0.1, 0.15) is 37.0 Å². The molecular weight excluding hydrogens is 472 g/mol. The molecule has 1 aliphatic heterocycles. The van der Waals surface area contributed by atoms with Gasteiger partial charge in [0.15, 0.2) is 10.9 Å². The van der Waals surface area contributed by atoms with Crippen LogP contribution < -0.4 is 5.32 Å². The second-order valence-corrected chi connectivity index (χ2v) is 9.69. The van der Waals surface area contributed by atoms with Crippen molar-refractivity contribution < 1.29 is 9.59 Å². The molecule has 2 amide bonds. The summed E-state index contributed by atoms with van der Waals surface area (Å²) < 4.78 is 1.67. The second-order valence-electron chi connectivity index (χ2n) is 8.60. The molecule has 0 saturated heterocycles. The predicted molar refractivity (Wildman–Crippen MR) is 139 cm³/mol. The Bertz CT molecular complexity index is 1610. The van der Waals surface area contributed by atoms with E-state index in [1.807, 2.05) is 78.6 Å². The molecule has 0 fully saturated rings. The lowest BCUT2D eigenvalue weighted by Crippen LogP contribution is -2.35. The summed E-state index contributed by atoms with van der Waals surface area (Å²) in [5.74, 6) is 0.381. The van der Waals surface area contributed by atoms with Gasteiger partial charge in [0, 0.05) is 28.8 Å². The van der Waals surface area contributed by atoms with Gasteiger partial charge >= 0.3 is 0 Å². The highest BCUT2D eigenvalue weighted by Gasteiger charge is 2.26. The van der Waals surface area contributed by atoms with Crippen LogP contribution in [-0.2, 0) is 13.0 Å². The quantitative estimate of drug-likeness (QED) is 0.393. The number of para-hydroxylation sites is 1. The summed E-state index contributed by atoms with van der Waals surface area (Å²) >= 11 is 1.41. The fraction of sp³-hybridized carbons (Fsp3) is 0.148. The topological polar surface area (TPSA) is 93.0 Å². The highest BCUT2D eigenvalue weighted by Crippen LogP contribution is 2.29. The van der Waals surface area contributed by atoms with Gasteiger partial charge in [-0.2, -0.15) is 5.10 Å². The van der Waals surface area contributed by atoms with Crippen LogP contribution in [0.15, 0.2) is 72.9 Å². The molecule has 5 aromatic rings. The van der Waals surface area contributed by atoms with Gasteiger partial charge in [0.2, 0.25) is 0 Å². The lowest BCUT2D eigenvalue weighted by atomic mass is 10.1. The zero-order valence-electron chi connectivity index (χ0n) is 19.5. The normalized spacial score (nSPS) is 13.0. The fourth-order valence-corrected chi connectivity index (χ4v) is 5.41. The van der Waals surface area contributed by atoms with Crippen molar-refractivity contribution in [1.82, 2.24) is 24.6 Å². The standard InChI is InChI=1S/C27H22N6O2S/c1-17-20(15-28-33(17)24-12-11-18-7-5-6-10-21(18)29-24)25(34)31-27-30-22-13-14-32(16-23(22)36-27)26(35)19-8-3-2-4-9-19/h2-12,15H,13-14,16H2,1H3,(H,30,31,34). The molecule has 0 saturated carbocycles. The number of thiazole rings is 1. The maximum Gasteiger partial charge on any atom is 0.260 e. The number of aromatic nitrogens is 4. The van der Waals surface area contributed by atoms with Crippen LogP contribution in [0, 0.1) is 6.92 Å². The van der Waals surface area contributed by atoms with Crippen molar-refractivity contribution in [3.8, 4) is 5.82 Å². The summed E-state index contributed by atoms with van der Waals surface area (Å²) in [4.78, 5) is 38.0. The van der Waals surface area contributed by atoms with E-state index >= 15 is 0 Å². The zero-order valence-corrected chi connectivity index (χ0v) is 20.3. The number of carbonyl (C=O) groups excluding carboxylic acids is 2. The van der Waals surface area contributed by atoms with Crippen molar-refractivity contribution in [1.29, 1.82) is 0 Å². The van der Waals surface area contributed by atoms with Crippen molar-refractivity contribution in [2.75, 3.05) is 11.9 Å². The number of hydrogen-bond acceptors (Lipinski definition) is 6. The van der Waals surface area contributed by atoms with E-state index in [2.05, 4.69) is 20.4 Å². The van der Waals surface area contributed by atoms with Gasteiger partial charge in [-0.3, -0.25) is 14.9 Å². The van der Waals surface area contributed by atoms with Crippen LogP contribution in [0.4, 0.5) is 5.13 Å². The van der Waals surface area contributed by atoms with Gasteiger partial charge in [-0.05, 0) is 37.3 Å². The van der Waals surface area contributed by atoms with Gasteiger partial charge in [0.05, 0.1) is 35.2 Å². The third-order valence-corrected chi connectivity index (χ3v) is 7.31. The Hall–Kier alpha value is -4.37. The summed E-state index contributed by atoms with van der Waals surface area (Å²) in [6, 6.07) is 21.0. The van der Waals surface area contributed by atoms with Crippen molar-refractivity contribution in [3.05, 3.63) is 100 Å². The van der Waals surface area contributed by atoms with Crippen LogP contribution in [0.2, 0.25) is 0 Å². The zero-order chi connectivity index (χ0) is 24.6. The average molecular weight is 495 g/mol. The third-order valence-electron chi connectivity index (χ3n) is 6.31. The van der Waals surface area contributed by atoms with Gasteiger partial charge in [-0.15, -0.1) is 0 Å². The molecule has 0 unspecified atom stereocenters. The van der Waals surface area contributed by atoms with Gasteiger partial charge in [0.1, 0.15) is 0 Å². The molecular formula is C27H22N6O2S. The molecule has 0 atom stereocenters. The number of carbonyl (C=O) groups is 2. The number of amides is 2. The Labute approximate surface area is 211 Å². The van der Waals surface area contributed by atoms with Crippen LogP contribution >= 0.6 is 11.3 Å². The average Bonchev–Trinajstić information content (AvgIpc) is 3.50. The maximum atomic E-state index is 13.1. The van der Waals surface area contributed by atoms with E-state index in [1.165, 1.54) is 11.3 Å². The molecule has 8 nitrogen and oxygen atoms in total. The molecule has 178 valence electrons. The molecule has 0 aliphatic carbocycles. The van der Waals surface area contributed by atoms with E-state index in [9.17, 15) is 9.59 Å². The van der Waals surface area contributed by atoms with Crippen LogP contribution in [0.25, 0.3) is 16.7 Å². The highest BCUT2D eigenvalue weighted by atomic mass is 32.1. The number of rotatable bonds is 4. The molecule has 4 heterocycles. The number of anilines is 1. The molecule has 1 aliphatic rings. The van der Waals surface area contributed by atoms with Crippen molar-refractivity contribution in [3.63, 3.8) is 0 Å². The lowest BCUT2D eigenvalue weighted by Gasteiger charge is -2.26. The van der Waals surface area contributed by atoms with Crippen LogP contribution in [-0.4, -0.2) is 43.0 Å². The Morgan fingerprint density at radius 3 is 2.64 bits per heavy atom. The Kier molecular flexibility index (Phi) is 5.54. The molecule has 1 N–H and O–H groups in total. The first-order valence-corrected chi connectivity index (χ1v) is 12.4. The number of fused-ring (bicyclic) bond motifs is 2. The Balaban J connectivity index is 1.18. The molecule has 3 aromatic heterocycles. The van der Waals surface area contributed by atoms with Crippen LogP contribution in [0.3, 0.4) is 0 Å². The number of hydrogen-bond donors (Lipinski definition) is 1. The second kappa shape index (κ2) is 9.01. The molecule has 2 aromatic carbocycles.